The third kappa shape index (κ3) is 3.21. The minimum Gasteiger partial charge on any atom is -0.157 e. The Balaban J connectivity index is 1.72. The molecule has 1 aliphatic carbocycles. The summed E-state index contributed by atoms with van der Waals surface area (Å²) in [6.07, 6.45) is 4.02. The summed E-state index contributed by atoms with van der Waals surface area (Å²) in [5.41, 5.74) is 5.13. The minimum atomic E-state index is 0.312. The molecule has 0 nitrogen and oxygen atoms in total. The second-order valence-electron chi connectivity index (χ2n) is 7.53. The second-order valence-corrected chi connectivity index (χ2v) is 8.52. The van der Waals surface area contributed by atoms with Gasteiger partial charge in [0.15, 0.2) is 0 Å². The van der Waals surface area contributed by atoms with E-state index in [4.69, 9.17) is 0 Å². The number of thioether (sulfide) groups is 1. The molecule has 0 bridgehead atoms. The van der Waals surface area contributed by atoms with Gasteiger partial charge in [-0.2, -0.15) is 11.8 Å². The molecule has 2 atom stereocenters. The van der Waals surface area contributed by atoms with Gasteiger partial charge < -0.3 is 0 Å². The third-order valence-corrected chi connectivity index (χ3v) is 7.44. The van der Waals surface area contributed by atoms with Gasteiger partial charge in [-0.05, 0) is 53.0 Å². The average molecular weight is 325 g/mol. The predicted molar refractivity (Wildman–Crippen MR) is 103 cm³/mol. The molecule has 1 heteroatoms. The normalized spacial score (nSPS) is 27.3. The molecule has 0 aliphatic heterocycles. The van der Waals surface area contributed by atoms with Gasteiger partial charge in [-0.3, -0.25) is 0 Å². The van der Waals surface area contributed by atoms with Crippen LogP contribution in [0.4, 0.5) is 0 Å². The highest BCUT2D eigenvalue weighted by Crippen LogP contribution is 2.55. The molecule has 0 unspecified atom stereocenters. The van der Waals surface area contributed by atoms with Crippen LogP contribution in [0.15, 0.2) is 54.6 Å². The molecule has 2 aromatic rings. The molecule has 1 saturated carbocycles. The van der Waals surface area contributed by atoms with Crippen molar-refractivity contribution in [3.8, 4) is 0 Å². The highest BCUT2D eigenvalue weighted by molar-refractivity contribution is 7.98. The van der Waals surface area contributed by atoms with E-state index < -0.39 is 0 Å². The van der Waals surface area contributed by atoms with Crippen molar-refractivity contribution in [2.24, 2.45) is 5.41 Å². The van der Waals surface area contributed by atoms with E-state index in [0.717, 1.165) is 5.75 Å². The van der Waals surface area contributed by atoms with Crippen molar-refractivity contribution in [1.29, 1.82) is 0 Å². The van der Waals surface area contributed by atoms with Crippen molar-refractivity contribution in [2.75, 3.05) is 5.75 Å². The van der Waals surface area contributed by atoms with Crippen LogP contribution in [0.5, 0.6) is 0 Å². The number of rotatable bonds is 5. The summed E-state index contributed by atoms with van der Waals surface area (Å²) in [4.78, 5) is 0. The summed E-state index contributed by atoms with van der Waals surface area (Å²) < 4.78 is 0. The Kier molecular flexibility index (Phi) is 4.87. The van der Waals surface area contributed by atoms with Crippen LogP contribution in [-0.2, 0) is 11.2 Å². The summed E-state index contributed by atoms with van der Waals surface area (Å²) in [5.74, 6) is 2.37. The topological polar surface area (TPSA) is 0 Å². The van der Waals surface area contributed by atoms with Gasteiger partial charge in [-0.25, -0.2) is 0 Å². The van der Waals surface area contributed by atoms with Crippen molar-refractivity contribution < 1.29 is 0 Å². The SMILES string of the molecule is Cc1ccccc1CSC[C@]1(C)CCC[C@]1(C)c1ccccc1. The summed E-state index contributed by atoms with van der Waals surface area (Å²) in [6, 6.07) is 20.0. The van der Waals surface area contributed by atoms with E-state index in [0.29, 0.717) is 10.8 Å². The quantitative estimate of drug-likeness (QED) is 0.615. The molecule has 0 aromatic heterocycles. The van der Waals surface area contributed by atoms with E-state index in [1.165, 1.54) is 41.7 Å². The fraction of sp³-hybridized carbons (Fsp3) is 0.455. The largest absolute Gasteiger partial charge is 0.157 e. The number of benzene rings is 2. The van der Waals surface area contributed by atoms with Crippen molar-refractivity contribution in [3.63, 3.8) is 0 Å². The van der Waals surface area contributed by atoms with E-state index in [1.807, 2.05) is 0 Å². The van der Waals surface area contributed by atoms with Crippen LogP contribution in [0.3, 0.4) is 0 Å². The highest BCUT2D eigenvalue weighted by atomic mass is 32.2. The lowest BCUT2D eigenvalue weighted by Gasteiger charge is -2.42. The summed E-state index contributed by atoms with van der Waals surface area (Å²) >= 11 is 2.11. The lowest BCUT2D eigenvalue weighted by molar-refractivity contribution is 0.232. The lowest BCUT2D eigenvalue weighted by Crippen LogP contribution is -2.38. The van der Waals surface area contributed by atoms with Crippen LogP contribution >= 0.6 is 11.8 Å². The molecule has 1 fully saturated rings. The van der Waals surface area contributed by atoms with E-state index in [1.54, 1.807) is 0 Å². The fourth-order valence-corrected chi connectivity index (χ4v) is 5.66. The molecule has 0 N–H and O–H groups in total. The van der Waals surface area contributed by atoms with E-state index in [-0.39, 0.29) is 0 Å². The van der Waals surface area contributed by atoms with E-state index >= 15 is 0 Å². The first-order valence-electron chi connectivity index (χ1n) is 8.73. The fourth-order valence-electron chi connectivity index (χ4n) is 4.10. The molecule has 3 rings (SSSR count). The monoisotopic (exact) mass is 324 g/mol. The van der Waals surface area contributed by atoms with Gasteiger partial charge in [0.2, 0.25) is 0 Å². The van der Waals surface area contributed by atoms with Crippen molar-refractivity contribution >= 4 is 11.8 Å². The third-order valence-electron chi connectivity index (χ3n) is 6.09. The minimum absolute atomic E-state index is 0.312. The van der Waals surface area contributed by atoms with Crippen LogP contribution < -0.4 is 0 Å². The first-order valence-corrected chi connectivity index (χ1v) is 9.88. The maximum absolute atomic E-state index is 2.51. The Hall–Kier alpha value is -1.21. The molecule has 23 heavy (non-hydrogen) atoms. The van der Waals surface area contributed by atoms with Crippen LogP contribution in [0.2, 0.25) is 0 Å². The van der Waals surface area contributed by atoms with E-state index in [2.05, 4.69) is 87.1 Å². The first-order chi connectivity index (χ1) is 11.1. The van der Waals surface area contributed by atoms with Gasteiger partial charge in [0, 0.05) is 5.75 Å². The van der Waals surface area contributed by atoms with Crippen molar-refractivity contribution in [2.45, 2.75) is 51.2 Å². The van der Waals surface area contributed by atoms with Crippen molar-refractivity contribution in [1.82, 2.24) is 0 Å². The smallest absolute Gasteiger partial charge is 0.0187 e. The molecule has 1 aliphatic rings. The zero-order valence-electron chi connectivity index (χ0n) is 14.6. The van der Waals surface area contributed by atoms with Crippen molar-refractivity contribution in [3.05, 3.63) is 71.3 Å². The maximum atomic E-state index is 2.51. The van der Waals surface area contributed by atoms with Gasteiger partial charge in [-0.15, -0.1) is 0 Å². The molecule has 0 saturated heterocycles. The van der Waals surface area contributed by atoms with Gasteiger partial charge >= 0.3 is 0 Å². The standard InChI is InChI=1S/C22H28S/c1-18-10-7-8-11-19(18)16-23-17-21(2)14-9-15-22(21,3)20-12-5-4-6-13-20/h4-8,10-13H,9,14-17H2,1-3H3/t21-,22+/m0/s1. The Bertz CT molecular complexity index is 648. The Morgan fingerprint density at radius 1 is 0.913 bits per heavy atom. The Labute approximate surface area is 145 Å². The van der Waals surface area contributed by atoms with Gasteiger partial charge in [-0.1, -0.05) is 74.9 Å². The number of hydrogen-bond donors (Lipinski definition) is 0. The van der Waals surface area contributed by atoms with Crippen LogP contribution in [0.1, 0.15) is 49.8 Å². The summed E-state index contributed by atoms with van der Waals surface area (Å²) in [5, 5.41) is 0. The molecular weight excluding hydrogens is 296 g/mol. The number of hydrogen-bond acceptors (Lipinski definition) is 1. The zero-order chi connectivity index (χ0) is 16.3. The molecule has 122 valence electrons. The molecule has 0 spiro atoms. The van der Waals surface area contributed by atoms with Gasteiger partial charge in [0.1, 0.15) is 0 Å². The lowest BCUT2D eigenvalue weighted by atomic mass is 9.65. The number of aryl methyl sites for hydroxylation is 1. The average Bonchev–Trinajstić information content (AvgIpc) is 2.87. The molecule has 0 radical (unpaired) electrons. The predicted octanol–water partition coefficient (Wildman–Crippen LogP) is 6.38. The molecular formula is C22H28S. The van der Waals surface area contributed by atoms with Crippen LogP contribution in [0.25, 0.3) is 0 Å². The van der Waals surface area contributed by atoms with Crippen LogP contribution in [0, 0.1) is 12.3 Å². The first kappa shape index (κ1) is 16.6. The van der Waals surface area contributed by atoms with Crippen LogP contribution in [-0.4, -0.2) is 5.75 Å². The summed E-state index contributed by atoms with van der Waals surface area (Å²) in [6.45, 7) is 7.22. The Morgan fingerprint density at radius 3 is 2.35 bits per heavy atom. The molecule has 0 heterocycles. The molecule has 2 aromatic carbocycles. The Morgan fingerprint density at radius 2 is 1.61 bits per heavy atom. The highest BCUT2D eigenvalue weighted by Gasteiger charge is 2.48. The van der Waals surface area contributed by atoms with Gasteiger partial charge in [0.05, 0.1) is 0 Å². The molecule has 0 amide bonds. The summed E-state index contributed by atoms with van der Waals surface area (Å²) in [7, 11) is 0. The van der Waals surface area contributed by atoms with Gasteiger partial charge in [0.25, 0.3) is 0 Å². The zero-order valence-corrected chi connectivity index (χ0v) is 15.5. The maximum Gasteiger partial charge on any atom is 0.0187 e. The second kappa shape index (κ2) is 6.73. The van der Waals surface area contributed by atoms with E-state index in [9.17, 15) is 0 Å².